The van der Waals surface area contributed by atoms with E-state index in [-0.39, 0.29) is 5.41 Å². The third-order valence-electron chi connectivity index (χ3n) is 13.2. The van der Waals surface area contributed by atoms with E-state index in [1.165, 1.54) is 55.6 Å². The van der Waals surface area contributed by atoms with E-state index in [9.17, 15) is 5.26 Å². The Morgan fingerprint density at radius 1 is 0.359 bits per heavy atom. The molecule has 0 saturated heterocycles. The molecule has 0 aliphatic heterocycles. The Morgan fingerprint density at radius 3 is 1.45 bits per heavy atom. The molecule has 0 bridgehead atoms. The molecular formula is C59H34N4S. The van der Waals surface area contributed by atoms with E-state index in [0.717, 1.165) is 48.0 Å². The number of benzene rings is 9. The molecule has 2 aromatic heterocycles. The van der Waals surface area contributed by atoms with Crippen LogP contribution in [0.25, 0.3) is 98.8 Å². The summed E-state index contributed by atoms with van der Waals surface area (Å²) in [6.07, 6.45) is 0. The number of nitriles is 1. The summed E-state index contributed by atoms with van der Waals surface area (Å²) in [7, 11) is 0. The average Bonchev–Trinajstić information content (AvgIpc) is 4.00. The van der Waals surface area contributed by atoms with Crippen LogP contribution >= 0.6 is 11.3 Å². The van der Waals surface area contributed by atoms with Crippen molar-refractivity contribution in [1.29, 1.82) is 5.26 Å². The molecule has 2 aliphatic carbocycles. The molecule has 0 N–H and O–H groups in total. The van der Waals surface area contributed by atoms with Crippen LogP contribution in [0.1, 0.15) is 27.8 Å². The fourth-order valence-electron chi connectivity index (χ4n) is 10.4. The van der Waals surface area contributed by atoms with Crippen molar-refractivity contribution in [2.45, 2.75) is 5.41 Å². The first-order valence-corrected chi connectivity index (χ1v) is 22.3. The maximum Gasteiger partial charge on any atom is 0.164 e. The molecule has 5 heteroatoms. The lowest BCUT2D eigenvalue weighted by Crippen LogP contribution is -2.25. The monoisotopic (exact) mass is 830 g/mol. The minimum atomic E-state index is -0.367. The van der Waals surface area contributed by atoms with Gasteiger partial charge in [0.05, 0.1) is 17.0 Å². The Morgan fingerprint density at radius 2 is 0.812 bits per heavy atom. The Labute approximate surface area is 374 Å². The van der Waals surface area contributed by atoms with Crippen molar-refractivity contribution >= 4 is 31.5 Å². The second-order valence-corrected chi connectivity index (χ2v) is 17.7. The average molecular weight is 831 g/mol. The van der Waals surface area contributed by atoms with E-state index in [1.54, 1.807) is 11.3 Å². The van der Waals surface area contributed by atoms with Gasteiger partial charge in [-0.1, -0.05) is 170 Å². The molecule has 9 aromatic carbocycles. The molecular weight excluding hydrogens is 797 g/mol. The van der Waals surface area contributed by atoms with Gasteiger partial charge in [-0.05, 0) is 103 Å². The van der Waals surface area contributed by atoms with Gasteiger partial charge in [-0.3, -0.25) is 0 Å². The largest absolute Gasteiger partial charge is 0.208 e. The molecule has 13 rings (SSSR count). The Balaban J connectivity index is 0.865. The summed E-state index contributed by atoms with van der Waals surface area (Å²) in [5.74, 6) is 1.82. The number of rotatable bonds is 5. The smallest absolute Gasteiger partial charge is 0.164 e. The lowest BCUT2D eigenvalue weighted by atomic mass is 9.70. The zero-order valence-corrected chi connectivity index (χ0v) is 35.1. The quantitative estimate of drug-likeness (QED) is 0.173. The van der Waals surface area contributed by atoms with Crippen LogP contribution in [0.15, 0.2) is 206 Å². The molecule has 296 valence electrons. The molecule has 0 saturated carbocycles. The number of hydrogen-bond donors (Lipinski definition) is 0. The number of aromatic nitrogens is 3. The van der Waals surface area contributed by atoms with E-state index in [1.807, 2.05) is 48.5 Å². The van der Waals surface area contributed by atoms with Crippen LogP contribution in [0.2, 0.25) is 0 Å². The van der Waals surface area contributed by atoms with Gasteiger partial charge in [0.1, 0.15) is 0 Å². The molecule has 0 unspecified atom stereocenters. The lowest BCUT2D eigenvalue weighted by Gasteiger charge is -2.30. The van der Waals surface area contributed by atoms with Crippen LogP contribution in [0.5, 0.6) is 0 Å². The summed E-state index contributed by atoms with van der Waals surface area (Å²) >= 11 is 1.72. The second-order valence-electron chi connectivity index (χ2n) is 16.6. The molecule has 0 fully saturated rings. The van der Waals surface area contributed by atoms with Crippen molar-refractivity contribution in [2.75, 3.05) is 0 Å². The normalized spacial score (nSPS) is 12.8. The summed E-state index contributed by atoms with van der Waals surface area (Å²) in [4.78, 5) is 15.1. The van der Waals surface area contributed by atoms with E-state index in [4.69, 9.17) is 15.0 Å². The number of fused-ring (bicyclic) bond motifs is 13. The SMILES string of the molecule is N#Cc1ccc2sc3ccc(-c4nc(-c5ccccc5)nc(-c5ccc(-c6ccc(-c7cccc8c7-c7ccccc7C87c8ccccc8-c8ccccc87)cc6)cc5)n4)cc3c2c1. The van der Waals surface area contributed by atoms with Gasteiger partial charge in [0.15, 0.2) is 17.5 Å². The van der Waals surface area contributed by atoms with E-state index < -0.39 is 0 Å². The minimum Gasteiger partial charge on any atom is -0.208 e. The highest BCUT2D eigenvalue weighted by Gasteiger charge is 2.51. The standard InChI is InChI=1S/C59H34N4S/c60-35-36-21-31-53-47(33-36)48-34-42(30-32-54(48)64-53)58-62-56(40-11-2-1-3-12-40)61-57(63-58)41-28-24-38(25-29-41)37-22-26-39(27-23-37)43-16-10-20-52-55(43)46-15-6-9-19-51(46)59(52)49-17-7-4-13-44(49)45-14-5-8-18-50(45)59/h1-34H. The third kappa shape index (κ3) is 5.37. The first-order chi connectivity index (χ1) is 31.7. The van der Waals surface area contributed by atoms with Gasteiger partial charge < -0.3 is 0 Å². The molecule has 0 amide bonds. The zero-order valence-electron chi connectivity index (χ0n) is 34.3. The van der Waals surface area contributed by atoms with Gasteiger partial charge in [0.25, 0.3) is 0 Å². The molecule has 2 heterocycles. The maximum absolute atomic E-state index is 9.61. The number of thiophene rings is 1. The van der Waals surface area contributed by atoms with Crippen molar-refractivity contribution < 1.29 is 0 Å². The van der Waals surface area contributed by atoms with Crippen LogP contribution < -0.4 is 0 Å². The molecule has 0 radical (unpaired) electrons. The highest BCUT2D eigenvalue weighted by atomic mass is 32.1. The molecule has 0 atom stereocenters. The Kier molecular flexibility index (Phi) is 8.02. The zero-order chi connectivity index (χ0) is 42.4. The summed E-state index contributed by atoms with van der Waals surface area (Å²) in [5.41, 5.74) is 18.3. The Bertz CT molecular complexity index is 3680. The summed E-state index contributed by atoms with van der Waals surface area (Å²) in [6.45, 7) is 0. The minimum absolute atomic E-state index is 0.367. The lowest BCUT2D eigenvalue weighted by molar-refractivity contribution is 0.794. The van der Waals surface area contributed by atoms with E-state index in [0.29, 0.717) is 23.0 Å². The van der Waals surface area contributed by atoms with Crippen LogP contribution in [-0.2, 0) is 5.41 Å². The molecule has 64 heavy (non-hydrogen) atoms. The summed E-state index contributed by atoms with van der Waals surface area (Å²) in [6, 6.07) is 75.9. The van der Waals surface area contributed by atoms with Gasteiger partial charge in [0, 0.05) is 36.9 Å². The highest BCUT2D eigenvalue weighted by Crippen LogP contribution is 2.64. The van der Waals surface area contributed by atoms with Crippen LogP contribution in [0, 0.1) is 11.3 Å². The van der Waals surface area contributed by atoms with Crippen molar-refractivity contribution in [3.05, 3.63) is 234 Å². The first kappa shape index (κ1) is 36.4. The fourth-order valence-corrected chi connectivity index (χ4v) is 11.4. The van der Waals surface area contributed by atoms with Crippen LogP contribution in [0.3, 0.4) is 0 Å². The van der Waals surface area contributed by atoms with Crippen molar-refractivity contribution in [3.8, 4) is 84.7 Å². The van der Waals surface area contributed by atoms with E-state index >= 15 is 0 Å². The number of hydrogen-bond acceptors (Lipinski definition) is 5. The van der Waals surface area contributed by atoms with Gasteiger partial charge >= 0.3 is 0 Å². The van der Waals surface area contributed by atoms with Gasteiger partial charge in [-0.2, -0.15) is 5.26 Å². The molecule has 2 aliphatic rings. The van der Waals surface area contributed by atoms with Gasteiger partial charge in [0.2, 0.25) is 0 Å². The van der Waals surface area contributed by atoms with E-state index in [2.05, 4.69) is 164 Å². The fraction of sp³-hybridized carbons (Fsp3) is 0.0169. The molecule has 11 aromatic rings. The molecule has 4 nitrogen and oxygen atoms in total. The summed E-state index contributed by atoms with van der Waals surface area (Å²) in [5, 5.41) is 11.8. The highest BCUT2D eigenvalue weighted by molar-refractivity contribution is 7.25. The predicted octanol–water partition coefficient (Wildman–Crippen LogP) is 14.8. The van der Waals surface area contributed by atoms with Gasteiger partial charge in [-0.15, -0.1) is 11.3 Å². The first-order valence-electron chi connectivity index (χ1n) is 21.5. The summed E-state index contributed by atoms with van der Waals surface area (Å²) < 4.78 is 2.30. The predicted molar refractivity (Wildman–Crippen MR) is 261 cm³/mol. The topological polar surface area (TPSA) is 62.5 Å². The van der Waals surface area contributed by atoms with Crippen LogP contribution in [-0.4, -0.2) is 15.0 Å². The van der Waals surface area contributed by atoms with Crippen molar-refractivity contribution in [2.24, 2.45) is 0 Å². The van der Waals surface area contributed by atoms with Crippen LogP contribution in [0.4, 0.5) is 0 Å². The van der Waals surface area contributed by atoms with Gasteiger partial charge in [-0.25, -0.2) is 15.0 Å². The van der Waals surface area contributed by atoms with Crippen molar-refractivity contribution in [3.63, 3.8) is 0 Å². The third-order valence-corrected chi connectivity index (χ3v) is 14.4. The Hall–Kier alpha value is -8.30. The second kappa shape index (κ2) is 14.1. The van der Waals surface area contributed by atoms with Crippen molar-refractivity contribution in [1.82, 2.24) is 15.0 Å². The number of nitrogens with zero attached hydrogens (tertiary/aromatic N) is 4. The maximum atomic E-state index is 9.61. The molecule has 1 spiro atoms.